The van der Waals surface area contributed by atoms with Crippen LogP contribution in [-0.4, -0.2) is 16.7 Å². The molecule has 0 spiro atoms. The molecular formula is C23H15ClN2O5. The zero-order valence-electron chi connectivity index (χ0n) is 16.0. The highest BCUT2D eigenvalue weighted by molar-refractivity contribution is 6.60. The van der Waals surface area contributed by atoms with Crippen molar-refractivity contribution >= 4 is 40.4 Å². The Morgan fingerprint density at radius 3 is 2.13 bits per heavy atom. The Labute approximate surface area is 182 Å². The second-order valence-electron chi connectivity index (χ2n) is 6.71. The molecule has 154 valence electrons. The SMILES string of the molecule is O=C1C(Cl)=C(c2ccc([N+](=O)[O-])cc2)C(=O)N1c1ccc(OCc2ccccc2)cc1. The molecule has 0 bridgehead atoms. The van der Waals surface area contributed by atoms with Crippen LogP contribution in [0.15, 0.2) is 83.9 Å². The summed E-state index contributed by atoms with van der Waals surface area (Å²) >= 11 is 6.16. The van der Waals surface area contributed by atoms with E-state index >= 15 is 0 Å². The Kier molecular flexibility index (Phi) is 5.51. The molecule has 0 saturated heterocycles. The van der Waals surface area contributed by atoms with E-state index in [1.807, 2.05) is 30.3 Å². The number of nitro groups is 1. The van der Waals surface area contributed by atoms with E-state index in [4.69, 9.17) is 16.3 Å². The Morgan fingerprint density at radius 2 is 1.52 bits per heavy atom. The number of rotatable bonds is 6. The predicted octanol–water partition coefficient (Wildman–Crippen LogP) is 4.70. The first-order valence-electron chi connectivity index (χ1n) is 9.26. The van der Waals surface area contributed by atoms with Crippen LogP contribution in [0.2, 0.25) is 0 Å². The summed E-state index contributed by atoms with van der Waals surface area (Å²) in [6.07, 6.45) is 0. The number of imide groups is 1. The molecule has 0 atom stereocenters. The standard InChI is InChI=1S/C23H15ClN2O5/c24-21-20(16-6-8-18(9-7-16)26(29)30)22(27)25(23(21)28)17-10-12-19(13-11-17)31-14-15-4-2-1-3-5-15/h1-13H,14H2. The molecule has 0 fully saturated rings. The monoisotopic (exact) mass is 434 g/mol. The topological polar surface area (TPSA) is 89.8 Å². The van der Waals surface area contributed by atoms with E-state index in [0.29, 0.717) is 23.6 Å². The lowest BCUT2D eigenvalue weighted by Crippen LogP contribution is -2.31. The Morgan fingerprint density at radius 1 is 0.871 bits per heavy atom. The van der Waals surface area contributed by atoms with Crippen LogP contribution >= 0.6 is 11.6 Å². The van der Waals surface area contributed by atoms with Gasteiger partial charge >= 0.3 is 0 Å². The number of halogens is 1. The van der Waals surface area contributed by atoms with Crippen LogP contribution in [0.5, 0.6) is 5.75 Å². The quantitative estimate of drug-likeness (QED) is 0.319. The van der Waals surface area contributed by atoms with Gasteiger partial charge in [0.1, 0.15) is 17.4 Å². The van der Waals surface area contributed by atoms with E-state index in [2.05, 4.69) is 0 Å². The van der Waals surface area contributed by atoms with Gasteiger partial charge in [-0.1, -0.05) is 41.9 Å². The summed E-state index contributed by atoms with van der Waals surface area (Å²) < 4.78 is 5.73. The molecule has 1 heterocycles. The van der Waals surface area contributed by atoms with Crippen molar-refractivity contribution in [3.63, 3.8) is 0 Å². The molecule has 0 aliphatic carbocycles. The number of anilines is 1. The van der Waals surface area contributed by atoms with Gasteiger partial charge in [-0.3, -0.25) is 19.7 Å². The first-order valence-corrected chi connectivity index (χ1v) is 9.63. The van der Waals surface area contributed by atoms with Crippen LogP contribution in [-0.2, 0) is 16.2 Å². The zero-order chi connectivity index (χ0) is 22.0. The Hall–Kier alpha value is -3.97. The summed E-state index contributed by atoms with van der Waals surface area (Å²) in [5.41, 5.74) is 1.57. The van der Waals surface area contributed by atoms with Gasteiger partial charge in [0.15, 0.2) is 0 Å². The molecule has 0 unspecified atom stereocenters. The number of hydrogen-bond donors (Lipinski definition) is 0. The summed E-state index contributed by atoms with van der Waals surface area (Å²) in [6, 6.07) is 21.5. The molecule has 0 aromatic heterocycles. The van der Waals surface area contributed by atoms with E-state index < -0.39 is 16.7 Å². The normalized spacial score (nSPS) is 13.6. The van der Waals surface area contributed by atoms with Crippen molar-refractivity contribution in [2.75, 3.05) is 4.90 Å². The molecule has 1 aliphatic heterocycles. The lowest BCUT2D eigenvalue weighted by molar-refractivity contribution is -0.384. The van der Waals surface area contributed by atoms with Gasteiger partial charge in [0.25, 0.3) is 17.5 Å². The van der Waals surface area contributed by atoms with E-state index in [1.165, 1.54) is 24.3 Å². The fourth-order valence-corrected chi connectivity index (χ4v) is 3.44. The number of hydrogen-bond acceptors (Lipinski definition) is 5. The van der Waals surface area contributed by atoms with Crippen molar-refractivity contribution in [3.8, 4) is 5.75 Å². The molecular weight excluding hydrogens is 420 g/mol. The zero-order valence-corrected chi connectivity index (χ0v) is 16.8. The Balaban J connectivity index is 1.52. The van der Waals surface area contributed by atoms with E-state index in [0.717, 1.165) is 10.5 Å². The summed E-state index contributed by atoms with van der Waals surface area (Å²) in [5, 5.41) is 10.6. The molecule has 3 aromatic rings. The van der Waals surface area contributed by atoms with Gasteiger partial charge in [-0.15, -0.1) is 0 Å². The number of non-ortho nitro benzene ring substituents is 1. The highest BCUT2D eigenvalue weighted by Gasteiger charge is 2.39. The highest BCUT2D eigenvalue weighted by Crippen LogP contribution is 2.35. The number of carbonyl (C=O) groups excluding carboxylic acids is 2. The lowest BCUT2D eigenvalue weighted by atomic mass is 10.1. The van der Waals surface area contributed by atoms with Crippen molar-refractivity contribution in [3.05, 3.63) is 105 Å². The van der Waals surface area contributed by atoms with Gasteiger partial charge in [0, 0.05) is 12.1 Å². The number of nitro benzene ring substituents is 1. The maximum absolute atomic E-state index is 12.9. The van der Waals surface area contributed by atoms with E-state index in [-0.39, 0.29) is 16.3 Å². The third-order valence-corrected chi connectivity index (χ3v) is 5.09. The van der Waals surface area contributed by atoms with Gasteiger partial charge in [0.05, 0.1) is 16.2 Å². The summed E-state index contributed by atoms with van der Waals surface area (Å²) in [4.78, 5) is 36.8. The van der Waals surface area contributed by atoms with E-state index in [9.17, 15) is 19.7 Å². The van der Waals surface area contributed by atoms with Crippen LogP contribution < -0.4 is 9.64 Å². The third kappa shape index (κ3) is 4.04. The summed E-state index contributed by atoms with van der Waals surface area (Å²) in [6.45, 7) is 0.388. The second kappa shape index (κ2) is 8.41. The van der Waals surface area contributed by atoms with Crippen LogP contribution in [0.25, 0.3) is 5.57 Å². The van der Waals surface area contributed by atoms with Crippen molar-refractivity contribution < 1.29 is 19.2 Å². The largest absolute Gasteiger partial charge is 0.489 e. The van der Waals surface area contributed by atoms with Crippen molar-refractivity contribution in [2.45, 2.75) is 6.61 Å². The van der Waals surface area contributed by atoms with E-state index in [1.54, 1.807) is 24.3 Å². The fourth-order valence-electron chi connectivity index (χ4n) is 3.17. The number of benzene rings is 3. The first kappa shape index (κ1) is 20.3. The lowest BCUT2D eigenvalue weighted by Gasteiger charge is -2.15. The summed E-state index contributed by atoms with van der Waals surface area (Å²) in [7, 11) is 0. The van der Waals surface area contributed by atoms with Crippen LogP contribution in [0, 0.1) is 10.1 Å². The van der Waals surface area contributed by atoms with Gasteiger partial charge in [-0.05, 0) is 47.5 Å². The van der Waals surface area contributed by atoms with Gasteiger partial charge < -0.3 is 4.74 Å². The predicted molar refractivity (Wildman–Crippen MR) is 116 cm³/mol. The van der Waals surface area contributed by atoms with Crippen molar-refractivity contribution in [1.29, 1.82) is 0 Å². The molecule has 31 heavy (non-hydrogen) atoms. The molecule has 2 amide bonds. The molecule has 3 aromatic carbocycles. The second-order valence-corrected chi connectivity index (χ2v) is 7.08. The van der Waals surface area contributed by atoms with Crippen LogP contribution in [0.4, 0.5) is 11.4 Å². The summed E-state index contributed by atoms with van der Waals surface area (Å²) in [5.74, 6) is -0.666. The van der Waals surface area contributed by atoms with Gasteiger partial charge in [0.2, 0.25) is 0 Å². The van der Waals surface area contributed by atoms with Crippen molar-refractivity contribution in [2.24, 2.45) is 0 Å². The molecule has 8 heteroatoms. The number of nitrogens with zero attached hydrogens (tertiary/aromatic N) is 2. The maximum Gasteiger partial charge on any atom is 0.277 e. The van der Waals surface area contributed by atoms with Gasteiger partial charge in [-0.25, -0.2) is 4.90 Å². The maximum atomic E-state index is 12.9. The molecule has 7 nitrogen and oxygen atoms in total. The number of carbonyl (C=O) groups is 2. The minimum atomic E-state index is -0.655. The van der Waals surface area contributed by atoms with Crippen molar-refractivity contribution in [1.82, 2.24) is 0 Å². The first-order chi connectivity index (χ1) is 15.0. The average Bonchev–Trinajstić information content (AvgIpc) is 3.01. The fraction of sp³-hybridized carbons (Fsp3) is 0.0435. The molecule has 0 saturated carbocycles. The molecule has 0 radical (unpaired) electrons. The smallest absolute Gasteiger partial charge is 0.277 e. The van der Waals surface area contributed by atoms with Gasteiger partial charge in [-0.2, -0.15) is 0 Å². The average molecular weight is 435 g/mol. The minimum absolute atomic E-state index is 0.00553. The Bertz CT molecular complexity index is 1190. The molecule has 1 aliphatic rings. The highest BCUT2D eigenvalue weighted by atomic mass is 35.5. The third-order valence-electron chi connectivity index (χ3n) is 4.74. The minimum Gasteiger partial charge on any atom is -0.489 e. The van der Waals surface area contributed by atoms with Crippen LogP contribution in [0.3, 0.4) is 0 Å². The molecule has 0 N–H and O–H groups in total. The number of ether oxygens (including phenoxy) is 1. The number of amides is 2. The molecule has 4 rings (SSSR count). The van der Waals surface area contributed by atoms with Crippen LogP contribution in [0.1, 0.15) is 11.1 Å².